The van der Waals surface area contributed by atoms with Crippen molar-refractivity contribution in [1.29, 1.82) is 0 Å². The monoisotopic (exact) mass is 674 g/mol. The molecule has 16 heteroatoms. The van der Waals surface area contributed by atoms with Crippen molar-refractivity contribution in [2.24, 2.45) is 0 Å². The molecule has 2 heterocycles. The van der Waals surface area contributed by atoms with E-state index in [0.29, 0.717) is 0 Å². The molecule has 2 fully saturated rings. The summed E-state index contributed by atoms with van der Waals surface area (Å²) in [6.07, 6.45) is -10.0. The van der Waals surface area contributed by atoms with Crippen LogP contribution >= 0.6 is 0 Å². The Kier molecular flexibility index (Phi) is 20.0. The first-order valence-electron chi connectivity index (χ1n) is 15.1. The predicted molar refractivity (Wildman–Crippen MR) is 161 cm³/mol. The summed E-state index contributed by atoms with van der Waals surface area (Å²) >= 11 is 0. The van der Waals surface area contributed by atoms with E-state index in [1.807, 2.05) is 0 Å². The minimum absolute atomic E-state index is 0.169. The van der Waals surface area contributed by atoms with E-state index >= 15 is 0 Å². The van der Waals surface area contributed by atoms with E-state index in [2.05, 4.69) is 0 Å². The lowest BCUT2D eigenvalue weighted by Crippen LogP contribution is -2.67. The second-order valence-corrected chi connectivity index (χ2v) is 10.9. The van der Waals surface area contributed by atoms with E-state index < -0.39 is 85.8 Å². The Balaban J connectivity index is 2.63. The highest BCUT2D eigenvalue weighted by Gasteiger charge is 2.55. The van der Waals surface area contributed by atoms with Gasteiger partial charge in [0.05, 0.1) is 26.4 Å². The maximum atomic E-state index is 6.79. The SMILES string of the molecule is COC[C@H](OC)[C@@H](OC)[C@@H](O[C@@H]1O[C@H](COC)[C@@H](OC)[C@H](OC)[C@H]1O[C@@H]1O[C@H](COC)[C@@H](OC)[C@H](OC)[C@H]1OC)[C@@H](COC)OC. The van der Waals surface area contributed by atoms with E-state index in [1.165, 1.54) is 0 Å². The van der Waals surface area contributed by atoms with Crippen LogP contribution in [0.4, 0.5) is 0 Å². The number of hydrogen-bond acceptors (Lipinski definition) is 16. The topological polar surface area (TPSA) is 148 Å². The Morgan fingerprint density at radius 2 is 0.870 bits per heavy atom. The lowest BCUT2D eigenvalue weighted by Gasteiger charge is -2.50. The lowest BCUT2D eigenvalue weighted by atomic mass is 9.96. The molecule has 0 bridgehead atoms. The molecule has 0 saturated carbocycles. The Hall–Kier alpha value is -0.640. The van der Waals surface area contributed by atoms with Gasteiger partial charge in [0.2, 0.25) is 0 Å². The van der Waals surface area contributed by atoms with Gasteiger partial charge in [0, 0.05) is 85.3 Å². The zero-order valence-corrected chi connectivity index (χ0v) is 29.4. The van der Waals surface area contributed by atoms with E-state index in [-0.39, 0.29) is 26.4 Å². The zero-order valence-electron chi connectivity index (χ0n) is 29.4. The Morgan fingerprint density at radius 1 is 0.435 bits per heavy atom. The summed E-state index contributed by atoms with van der Waals surface area (Å²) in [7, 11) is 18.8. The average molecular weight is 675 g/mol. The van der Waals surface area contributed by atoms with Gasteiger partial charge in [0.25, 0.3) is 0 Å². The summed E-state index contributed by atoms with van der Waals surface area (Å²) in [5.74, 6) is 0. The molecule has 0 aromatic rings. The van der Waals surface area contributed by atoms with Crippen LogP contribution in [0.15, 0.2) is 0 Å². The van der Waals surface area contributed by atoms with E-state index in [9.17, 15) is 0 Å². The summed E-state index contributed by atoms with van der Waals surface area (Å²) in [6, 6.07) is 0. The average Bonchev–Trinajstić information content (AvgIpc) is 3.06. The van der Waals surface area contributed by atoms with Crippen molar-refractivity contribution in [3.63, 3.8) is 0 Å². The molecule has 2 aliphatic rings. The first-order valence-corrected chi connectivity index (χ1v) is 15.1. The summed E-state index contributed by atoms with van der Waals surface area (Å²) in [4.78, 5) is 0. The van der Waals surface area contributed by atoms with Crippen LogP contribution in [-0.2, 0) is 75.8 Å². The molecular weight excluding hydrogens is 616 g/mol. The van der Waals surface area contributed by atoms with Gasteiger partial charge in [-0.2, -0.15) is 0 Å². The van der Waals surface area contributed by atoms with Gasteiger partial charge in [0.1, 0.15) is 73.2 Å². The van der Waals surface area contributed by atoms with Crippen LogP contribution in [0.25, 0.3) is 0 Å². The van der Waals surface area contributed by atoms with Gasteiger partial charge < -0.3 is 75.8 Å². The van der Waals surface area contributed by atoms with Crippen molar-refractivity contribution in [2.45, 2.75) is 85.8 Å². The van der Waals surface area contributed by atoms with Gasteiger partial charge in [-0.3, -0.25) is 0 Å². The molecule has 0 radical (unpaired) electrons. The fourth-order valence-electron chi connectivity index (χ4n) is 6.18. The van der Waals surface area contributed by atoms with Crippen molar-refractivity contribution in [1.82, 2.24) is 0 Å². The van der Waals surface area contributed by atoms with E-state index in [4.69, 9.17) is 75.8 Å². The molecule has 0 amide bonds. The Morgan fingerprint density at radius 3 is 1.26 bits per heavy atom. The highest BCUT2D eigenvalue weighted by Crippen LogP contribution is 2.35. The van der Waals surface area contributed by atoms with Crippen molar-refractivity contribution < 1.29 is 75.8 Å². The van der Waals surface area contributed by atoms with Crippen LogP contribution in [0, 0.1) is 0 Å². The zero-order chi connectivity index (χ0) is 34.2. The van der Waals surface area contributed by atoms with E-state index in [0.717, 1.165) is 0 Å². The van der Waals surface area contributed by atoms with Gasteiger partial charge in [-0.15, -0.1) is 0 Å². The fourth-order valence-corrected chi connectivity index (χ4v) is 6.18. The standard InChI is InChI=1S/C30H58O16/c1-31-13-17(35-5)21(37-7)24(18(36-6)14-32-2)45-30-28(26(41-11)23(39-9)20(44-30)16-34-4)46-29-27(42-12)25(40-10)22(38-8)19(43-29)15-33-3/h17-30H,13-16H2,1-12H3/t17-,18+,19+,20+,21+,22+,23+,24-,25-,26-,27+,28+,29-,30-/m0/s1. The lowest BCUT2D eigenvalue weighted by molar-refractivity contribution is -0.384. The molecule has 0 unspecified atom stereocenters. The summed E-state index contributed by atoms with van der Waals surface area (Å²) < 4.78 is 95.2. The van der Waals surface area contributed by atoms with Crippen LogP contribution < -0.4 is 0 Å². The third kappa shape index (κ3) is 10.2. The molecule has 0 spiro atoms. The normalized spacial score (nSPS) is 34.7. The van der Waals surface area contributed by atoms with Crippen LogP contribution in [-0.4, -0.2) is 198 Å². The minimum atomic E-state index is -1.10. The van der Waals surface area contributed by atoms with Crippen molar-refractivity contribution in [3.05, 3.63) is 0 Å². The van der Waals surface area contributed by atoms with Crippen LogP contribution in [0.3, 0.4) is 0 Å². The van der Waals surface area contributed by atoms with Gasteiger partial charge in [-0.1, -0.05) is 0 Å². The molecule has 14 atom stereocenters. The molecule has 2 saturated heterocycles. The molecular formula is C30H58O16. The molecule has 0 aliphatic carbocycles. The fraction of sp³-hybridized carbons (Fsp3) is 1.00. The maximum absolute atomic E-state index is 6.79. The number of methoxy groups -OCH3 is 12. The van der Waals surface area contributed by atoms with Crippen molar-refractivity contribution in [2.75, 3.05) is 112 Å². The maximum Gasteiger partial charge on any atom is 0.187 e. The molecule has 274 valence electrons. The minimum Gasteiger partial charge on any atom is -0.382 e. The smallest absolute Gasteiger partial charge is 0.187 e. The summed E-state index contributed by atoms with van der Waals surface area (Å²) in [5.41, 5.74) is 0. The molecule has 2 aliphatic heterocycles. The number of ether oxygens (including phenoxy) is 16. The number of hydrogen-bond donors (Lipinski definition) is 0. The molecule has 46 heavy (non-hydrogen) atoms. The third-order valence-electron chi connectivity index (χ3n) is 8.38. The first-order chi connectivity index (χ1) is 22.3. The molecule has 0 aromatic heterocycles. The molecule has 16 nitrogen and oxygen atoms in total. The first kappa shape index (κ1) is 41.5. The molecule has 0 aromatic carbocycles. The van der Waals surface area contributed by atoms with Crippen LogP contribution in [0.1, 0.15) is 0 Å². The summed E-state index contributed by atoms with van der Waals surface area (Å²) in [6.45, 7) is 0.774. The molecule has 2 rings (SSSR count). The Labute approximate surface area is 273 Å². The largest absolute Gasteiger partial charge is 0.382 e. The quantitative estimate of drug-likeness (QED) is 0.142. The van der Waals surface area contributed by atoms with Gasteiger partial charge in [0.15, 0.2) is 12.6 Å². The third-order valence-corrected chi connectivity index (χ3v) is 8.38. The van der Waals surface area contributed by atoms with Crippen LogP contribution in [0.5, 0.6) is 0 Å². The Bertz CT molecular complexity index is 781. The molecule has 0 N–H and O–H groups in total. The van der Waals surface area contributed by atoms with Gasteiger partial charge >= 0.3 is 0 Å². The highest BCUT2D eigenvalue weighted by molar-refractivity contribution is 4.97. The van der Waals surface area contributed by atoms with E-state index in [1.54, 1.807) is 85.3 Å². The second kappa shape index (κ2) is 22.2. The predicted octanol–water partition coefficient (Wildman–Crippen LogP) is -0.0878. The van der Waals surface area contributed by atoms with Gasteiger partial charge in [-0.05, 0) is 0 Å². The van der Waals surface area contributed by atoms with Crippen molar-refractivity contribution in [3.8, 4) is 0 Å². The second-order valence-electron chi connectivity index (χ2n) is 10.9. The number of rotatable bonds is 23. The van der Waals surface area contributed by atoms with Gasteiger partial charge in [-0.25, -0.2) is 0 Å². The van der Waals surface area contributed by atoms with Crippen LogP contribution in [0.2, 0.25) is 0 Å². The highest BCUT2D eigenvalue weighted by atomic mass is 16.8. The van der Waals surface area contributed by atoms with Crippen molar-refractivity contribution >= 4 is 0 Å². The summed E-state index contributed by atoms with van der Waals surface area (Å²) in [5, 5.41) is 0.